The van der Waals surface area contributed by atoms with Crippen LogP contribution < -0.4 is 16.0 Å². The van der Waals surface area contributed by atoms with Gasteiger partial charge in [-0.2, -0.15) is 0 Å². The predicted octanol–water partition coefficient (Wildman–Crippen LogP) is 0.426. The number of likely N-dealkylation sites (N-methyl/N-ethyl adjacent to an activating group) is 1. The van der Waals surface area contributed by atoms with Crippen LogP contribution in [0.5, 0.6) is 0 Å². The molecule has 1 aliphatic heterocycles. The lowest BCUT2D eigenvalue weighted by Gasteiger charge is -2.22. The zero-order valence-electron chi connectivity index (χ0n) is 15.1. The number of ether oxygens (including phenoxy) is 1. The minimum atomic E-state index is -0.448. The minimum absolute atomic E-state index is 0. The Morgan fingerprint density at radius 2 is 2.04 bits per heavy atom. The maximum absolute atomic E-state index is 12.1. The number of nitrogens with one attached hydrogen (secondary N) is 3. The van der Waals surface area contributed by atoms with Crippen LogP contribution >= 0.6 is 24.8 Å². The summed E-state index contributed by atoms with van der Waals surface area (Å²) in [6.45, 7) is 3.60. The molecule has 3 N–H and O–H groups in total. The van der Waals surface area contributed by atoms with Crippen LogP contribution in [0, 0.1) is 0 Å². The summed E-state index contributed by atoms with van der Waals surface area (Å²) < 4.78 is 5.41. The highest BCUT2D eigenvalue weighted by Gasteiger charge is 2.21. The summed E-state index contributed by atoms with van der Waals surface area (Å²) >= 11 is 0. The van der Waals surface area contributed by atoms with Crippen molar-refractivity contribution in [3.05, 3.63) is 35.4 Å². The summed E-state index contributed by atoms with van der Waals surface area (Å²) in [7, 11) is 3.92. The number of benzene rings is 1. The Hall–Kier alpha value is -1.38. The van der Waals surface area contributed by atoms with Crippen molar-refractivity contribution in [2.24, 2.45) is 0 Å². The SMILES string of the molecule is CN(C)CCNC(=O)c1cccc(CNC(=O)C2CNCCO2)c1.Cl.Cl. The van der Waals surface area contributed by atoms with Crippen LogP contribution in [-0.2, 0) is 16.1 Å². The van der Waals surface area contributed by atoms with Gasteiger partial charge < -0.3 is 25.6 Å². The van der Waals surface area contributed by atoms with Gasteiger partial charge in [0.2, 0.25) is 0 Å². The molecule has 1 aliphatic rings. The van der Waals surface area contributed by atoms with Crippen molar-refractivity contribution in [1.29, 1.82) is 0 Å². The second kappa shape index (κ2) is 12.9. The van der Waals surface area contributed by atoms with E-state index < -0.39 is 6.10 Å². The van der Waals surface area contributed by atoms with Gasteiger partial charge in [0.25, 0.3) is 11.8 Å². The Morgan fingerprint density at radius 1 is 1.27 bits per heavy atom. The zero-order valence-corrected chi connectivity index (χ0v) is 16.8. The summed E-state index contributed by atoms with van der Waals surface area (Å²) in [5, 5.41) is 8.85. The van der Waals surface area contributed by atoms with Crippen molar-refractivity contribution in [3.8, 4) is 0 Å². The molecule has 1 saturated heterocycles. The Labute approximate surface area is 167 Å². The Kier molecular flexibility index (Phi) is 12.2. The molecule has 7 nitrogen and oxygen atoms in total. The second-order valence-corrected chi connectivity index (χ2v) is 6.04. The largest absolute Gasteiger partial charge is 0.366 e. The van der Waals surface area contributed by atoms with E-state index in [0.717, 1.165) is 18.7 Å². The van der Waals surface area contributed by atoms with E-state index >= 15 is 0 Å². The van der Waals surface area contributed by atoms with Gasteiger partial charge in [-0.3, -0.25) is 9.59 Å². The molecule has 1 aromatic rings. The summed E-state index contributed by atoms with van der Waals surface area (Å²) in [5.41, 5.74) is 1.48. The highest BCUT2D eigenvalue weighted by molar-refractivity contribution is 5.94. The number of hydrogen-bond donors (Lipinski definition) is 3. The van der Waals surface area contributed by atoms with E-state index in [-0.39, 0.29) is 36.6 Å². The number of hydrogen-bond acceptors (Lipinski definition) is 5. The highest BCUT2D eigenvalue weighted by atomic mass is 35.5. The van der Waals surface area contributed by atoms with Crippen LogP contribution in [0.1, 0.15) is 15.9 Å². The Morgan fingerprint density at radius 3 is 2.69 bits per heavy atom. The average Bonchev–Trinajstić information content (AvgIpc) is 2.60. The first-order valence-electron chi connectivity index (χ1n) is 8.18. The number of carbonyl (C=O) groups is 2. The fraction of sp³-hybridized carbons (Fsp3) is 0.529. The molecule has 2 amide bonds. The fourth-order valence-electron chi connectivity index (χ4n) is 2.35. The molecule has 1 aromatic carbocycles. The molecule has 9 heteroatoms. The summed E-state index contributed by atoms with van der Waals surface area (Å²) in [6.07, 6.45) is -0.448. The fourth-order valence-corrected chi connectivity index (χ4v) is 2.35. The van der Waals surface area contributed by atoms with E-state index in [0.29, 0.717) is 31.8 Å². The molecule has 26 heavy (non-hydrogen) atoms. The highest BCUT2D eigenvalue weighted by Crippen LogP contribution is 2.06. The Balaban J connectivity index is 0.00000312. The predicted molar refractivity (Wildman–Crippen MR) is 106 cm³/mol. The van der Waals surface area contributed by atoms with Gasteiger partial charge >= 0.3 is 0 Å². The number of morpholine rings is 1. The Bertz CT molecular complexity index is 567. The van der Waals surface area contributed by atoms with Crippen molar-refractivity contribution >= 4 is 36.6 Å². The number of rotatable bonds is 7. The molecule has 1 atom stereocenters. The van der Waals surface area contributed by atoms with E-state index in [2.05, 4.69) is 16.0 Å². The van der Waals surface area contributed by atoms with Crippen LogP contribution in [0.3, 0.4) is 0 Å². The van der Waals surface area contributed by atoms with E-state index in [1.807, 2.05) is 31.1 Å². The molecule has 0 saturated carbocycles. The lowest BCUT2D eigenvalue weighted by atomic mass is 10.1. The summed E-state index contributed by atoms with van der Waals surface area (Å²) in [4.78, 5) is 26.2. The van der Waals surface area contributed by atoms with Crippen molar-refractivity contribution < 1.29 is 14.3 Å². The third kappa shape index (κ3) is 8.33. The minimum Gasteiger partial charge on any atom is -0.366 e. The standard InChI is InChI=1S/C17H26N4O3.2ClH/c1-21(2)8-6-19-16(22)14-5-3-4-13(10-14)11-20-17(23)15-12-18-7-9-24-15;;/h3-5,10,15,18H,6-9,11-12H2,1-2H3,(H,19,22)(H,20,23);2*1H. The van der Waals surface area contributed by atoms with Gasteiger partial charge in [0.1, 0.15) is 6.10 Å². The van der Waals surface area contributed by atoms with Crippen molar-refractivity contribution in [1.82, 2.24) is 20.9 Å². The molecule has 0 aromatic heterocycles. The smallest absolute Gasteiger partial charge is 0.251 e. The third-order valence-electron chi connectivity index (χ3n) is 3.72. The first-order chi connectivity index (χ1) is 11.6. The van der Waals surface area contributed by atoms with Crippen molar-refractivity contribution in [2.45, 2.75) is 12.6 Å². The number of halogens is 2. The molecule has 1 heterocycles. The molecule has 0 bridgehead atoms. The van der Waals surface area contributed by atoms with Gasteiger partial charge in [-0.05, 0) is 31.8 Å². The van der Waals surface area contributed by atoms with Crippen molar-refractivity contribution in [2.75, 3.05) is 46.9 Å². The van der Waals surface area contributed by atoms with Crippen LogP contribution in [0.2, 0.25) is 0 Å². The van der Waals surface area contributed by atoms with Crippen molar-refractivity contribution in [3.63, 3.8) is 0 Å². The second-order valence-electron chi connectivity index (χ2n) is 6.04. The molecular weight excluding hydrogens is 379 g/mol. The van der Waals surface area contributed by atoms with Gasteiger partial charge in [-0.15, -0.1) is 24.8 Å². The normalized spacial score (nSPS) is 16.2. The molecule has 2 rings (SSSR count). The quantitative estimate of drug-likeness (QED) is 0.611. The third-order valence-corrected chi connectivity index (χ3v) is 3.72. The average molecular weight is 407 g/mol. The van der Waals surface area contributed by atoms with Gasteiger partial charge in [0.05, 0.1) is 6.61 Å². The van der Waals surface area contributed by atoms with Gasteiger partial charge in [0, 0.05) is 38.3 Å². The number of carbonyl (C=O) groups excluding carboxylic acids is 2. The van der Waals surface area contributed by atoms with E-state index in [9.17, 15) is 9.59 Å². The molecule has 0 spiro atoms. The molecular formula is C17H28Cl2N4O3. The van der Waals surface area contributed by atoms with Crippen LogP contribution in [0.25, 0.3) is 0 Å². The first kappa shape index (κ1) is 24.6. The van der Waals surface area contributed by atoms with Crippen LogP contribution in [0.15, 0.2) is 24.3 Å². The van der Waals surface area contributed by atoms with Crippen LogP contribution in [-0.4, -0.2) is 69.7 Å². The number of amides is 2. The first-order valence-corrected chi connectivity index (χ1v) is 8.18. The molecule has 1 unspecified atom stereocenters. The van der Waals surface area contributed by atoms with Crippen LogP contribution in [0.4, 0.5) is 0 Å². The summed E-state index contributed by atoms with van der Waals surface area (Å²) in [6, 6.07) is 7.27. The maximum Gasteiger partial charge on any atom is 0.251 e. The number of nitrogens with zero attached hydrogens (tertiary/aromatic N) is 1. The molecule has 0 aliphatic carbocycles. The zero-order chi connectivity index (χ0) is 17.4. The van der Waals surface area contributed by atoms with E-state index in [1.54, 1.807) is 12.1 Å². The summed E-state index contributed by atoms with van der Waals surface area (Å²) in [5.74, 6) is -0.243. The lowest BCUT2D eigenvalue weighted by molar-refractivity contribution is -0.134. The monoisotopic (exact) mass is 406 g/mol. The topological polar surface area (TPSA) is 82.7 Å². The molecule has 148 valence electrons. The van der Waals surface area contributed by atoms with E-state index in [4.69, 9.17) is 4.74 Å². The van der Waals surface area contributed by atoms with E-state index in [1.165, 1.54) is 0 Å². The van der Waals surface area contributed by atoms with Gasteiger partial charge in [0.15, 0.2) is 0 Å². The maximum atomic E-state index is 12.1. The van der Waals surface area contributed by atoms with Gasteiger partial charge in [-0.1, -0.05) is 12.1 Å². The van der Waals surface area contributed by atoms with Gasteiger partial charge in [-0.25, -0.2) is 0 Å². The molecule has 1 fully saturated rings. The molecule has 0 radical (unpaired) electrons. The lowest BCUT2D eigenvalue weighted by Crippen LogP contribution is -2.47.